The van der Waals surface area contributed by atoms with Crippen LogP contribution in [0.15, 0.2) is 60.7 Å². The van der Waals surface area contributed by atoms with E-state index in [1.54, 1.807) is 0 Å². The molecule has 0 amide bonds. The number of benzene rings is 2. The summed E-state index contributed by atoms with van der Waals surface area (Å²) in [5.41, 5.74) is 1.44. The van der Waals surface area contributed by atoms with Gasteiger partial charge in [0.1, 0.15) is 0 Å². The number of hydrogen-bond donors (Lipinski definition) is 0. The van der Waals surface area contributed by atoms with Crippen LogP contribution in [0.3, 0.4) is 0 Å². The molecule has 3 rings (SSSR count). The first-order chi connectivity index (χ1) is 9.23. The zero-order chi connectivity index (χ0) is 13.3. The van der Waals surface area contributed by atoms with Gasteiger partial charge in [-0.25, -0.2) is 0 Å². The van der Waals surface area contributed by atoms with Gasteiger partial charge in [-0.3, -0.25) is 4.79 Å². The van der Waals surface area contributed by atoms with E-state index in [9.17, 15) is 4.79 Å². The molecule has 1 fully saturated rings. The summed E-state index contributed by atoms with van der Waals surface area (Å²) < 4.78 is 5.79. The molecule has 0 aliphatic carbocycles. The first-order valence-electron chi connectivity index (χ1n) is 6.56. The molecule has 2 heteroatoms. The number of hydrogen-bond acceptors (Lipinski definition) is 2. The molecular weight excluding hydrogens is 236 g/mol. The molecule has 0 bridgehead atoms. The van der Waals surface area contributed by atoms with Crippen LogP contribution in [0.1, 0.15) is 24.5 Å². The van der Waals surface area contributed by atoms with Gasteiger partial charge in [0.2, 0.25) is 0 Å². The lowest BCUT2D eigenvalue weighted by Crippen LogP contribution is -2.32. The van der Waals surface area contributed by atoms with E-state index in [2.05, 4.69) is 6.92 Å². The van der Waals surface area contributed by atoms with Crippen molar-refractivity contribution in [3.8, 4) is 0 Å². The van der Waals surface area contributed by atoms with Gasteiger partial charge in [-0.15, -0.1) is 0 Å². The molecule has 1 aliphatic heterocycles. The predicted molar refractivity (Wildman–Crippen MR) is 73.5 cm³/mol. The van der Waals surface area contributed by atoms with Gasteiger partial charge in [0.15, 0.2) is 5.60 Å². The molecule has 0 spiro atoms. The third kappa shape index (κ3) is 1.84. The molecule has 0 radical (unpaired) electrons. The van der Waals surface area contributed by atoms with Gasteiger partial charge in [-0.2, -0.15) is 0 Å². The molecule has 0 unspecified atom stereocenters. The van der Waals surface area contributed by atoms with Gasteiger partial charge >= 0.3 is 5.97 Å². The Balaban J connectivity index is 2.20. The Morgan fingerprint density at radius 3 is 1.79 bits per heavy atom. The summed E-state index contributed by atoms with van der Waals surface area (Å²) in [6.45, 7) is 2.07. The van der Waals surface area contributed by atoms with Crippen LogP contribution < -0.4 is 0 Å². The molecule has 0 N–H and O–H groups in total. The number of ether oxygens (including phenoxy) is 1. The summed E-state index contributed by atoms with van der Waals surface area (Å²) in [5, 5.41) is 0. The maximum Gasteiger partial charge on any atom is 0.307 e. The summed E-state index contributed by atoms with van der Waals surface area (Å²) in [7, 11) is 0. The predicted octanol–water partition coefficient (Wildman–Crippen LogP) is 3.51. The van der Waals surface area contributed by atoms with Crippen LogP contribution >= 0.6 is 0 Å². The van der Waals surface area contributed by atoms with Crippen molar-refractivity contribution in [2.45, 2.75) is 18.9 Å². The van der Waals surface area contributed by atoms with Crippen molar-refractivity contribution in [1.82, 2.24) is 0 Å². The number of esters is 1. The van der Waals surface area contributed by atoms with Gasteiger partial charge in [0.05, 0.1) is 6.42 Å². The largest absolute Gasteiger partial charge is 0.449 e. The van der Waals surface area contributed by atoms with E-state index in [-0.39, 0.29) is 11.9 Å². The highest BCUT2D eigenvalue weighted by molar-refractivity contribution is 5.74. The number of rotatable bonds is 2. The Labute approximate surface area is 113 Å². The summed E-state index contributed by atoms with van der Waals surface area (Å²) in [6, 6.07) is 20.0. The van der Waals surface area contributed by atoms with Crippen LogP contribution in [0.5, 0.6) is 0 Å². The van der Waals surface area contributed by atoms with E-state index in [1.165, 1.54) is 0 Å². The molecule has 96 valence electrons. The van der Waals surface area contributed by atoms with E-state index in [1.807, 2.05) is 60.7 Å². The molecular formula is C17H16O2. The van der Waals surface area contributed by atoms with E-state index in [0.29, 0.717) is 6.42 Å². The fourth-order valence-corrected chi connectivity index (χ4v) is 2.94. The summed E-state index contributed by atoms with van der Waals surface area (Å²) in [4.78, 5) is 11.8. The highest BCUT2D eigenvalue weighted by atomic mass is 16.6. The first-order valence-corrected chi connectivity index (χ1v) is 6.56. The molecule has 2 aromatic carbocycles. The Morgan fingerprint density at radius 1 is 0.947 bits per heavy atom. The van der Waals surface area contributed by atoms with Crippen molar-refractivity contribution in [1.29, 1.82) is 0 Å². The van der Waals surface area contributed by atoms with Gasteiger partial charge in [-0.05, 0) is 0 Å². The first kappa shape index (κ1) is 12.0. The number of cyclic esters (lactones) is 1. The SMILES string of the molecule is C[C@H]1CC(=O)OC1(c1ccccc1)c1ccccc1. The quantitative estimate of drug-likeness (QED) is 0.764. The maximum atomic E-state index is 11.8. The van der Waals surface area contributed by atoms with Crippen molar-refractivity contribution in [2.24, 2.45) is 5.92 Å². The number of carbonyl (C=O) groups is 1. The second-order valence-electron chi connectivity index (χ2n) is 5.05. The van der Waals surface area contributed by atoms with Crippen LogP contribution in [0.2, 0.25) is 0 Å². The van der Waals surface area contributed by atoms with E-state index in [4.69, 9.17) is 4.74 Å². The van der Waals surface area contributed by atoms with Crippen molar-refractivity contribution < 1.29 is 9.53 Å². The molecule has 1 heterocycles. The molecule has 0 aromatic heterocycles. The van der Waals surface area contributed by atoms with E-state index in [0.717, 1.165) is 11.1 Å². The zero-order valence-corrected chi connectivity index (χ0v) is 10.9. The Hall–Kier alpha value is -2.09. The molecule has 1 atom stereocenters. The molecule has 19 heavy (non-hydrogen) atoms. The normalized spacial score (nSPS) is 21.1. The third-order valence-corrected chi connectivity index (χ3v) is 3.85. The fourth-order valence-electron chi connectivity index (χ4n) is 2.94. The van der Waals surface area contributed by atoms with Crippen LogP contribution in [0.4, 0.5) is 0 Å². The minimum absolute atomic E-state index is 0.125. The molecule has 1 saturated heterocycles. The molecule has 0 saturated carbocycles. The van der Waals surface area contributed by atoms with Crippen LogP contribution in [-0.2, 0) is 15.1 Å². The monoisotopic (exact) mass is 252 g/mol. The van der Waals surface area contributed by atoms with Gasteiger partial charge < -0.3 is 4.74 Å². The second kappa shape index (κ2) is 4.54. The minimum atomic E-state index is -0.639. The van der Waals surface area contributed by atoms with Gasteiger partial charge in [0, 0.05) is 17.0 Å². The lowest BCUT2D eigenvalue weighted by atomic mass is 9.77. The van der Waals surface area contributed by atoms with E-state index >= 15 is 0 Å². The standard InChI is InChI=1S/C17H16O2/c1-13-12-16(18)19-17(13,14-8-4-2-5-9-14)15-10-6-3-7-11-15/h2-11,13H,12H2,1H3/t13-/m0/s1. The molecule has 2 aromatic rings. The van der Waals surface area contributed by atoms with Crippen LogP contribution in [0, 0.1) is 5.92 Å². The van der Waals surface area contributed by atoms with E-state index < -0.39 is 5.60 Å². The van der Waals surface area contributed by atoms with Crippen LogP contribution in [-0.4, -0.2) is 5.97 Å². The Bertz CT molecular complexity index is 535. The molecule has 2 nitrogen and oxygen atoms in total. The average Bonchev–Trinajstić information content (AvgIpc) is 2.76. The van der Waals surface area contributed by atoms with Gasteiger partial charge in [-0.1, -0.05) is 67.6 Å². The Kier molecular flexibility index (Phi) is 2.86. The summed E-state index contributed by atoms with van der Waals surface area (Å²) in [5.74, 6) is 0.00464. The topological polar surface area (TPSA) is 26.3 Å². The minimum Gasteiger partial charge on any atom is -0.449 e. The zero-order valence-electron chi connectivity index (χ0n) is 10.9. The van der Waals surface area contributed by atoms with Crippen molar-refractivity contribution >= 4 is 5.97 Å². The smallest absolute Gasteiger partial charge is 0.307 e. The number of carbonyl (C=O) groups excluding carboxylic acids is 1. The lowest BCUT2D eigenvalue weighted by molar-refractivity contribution is -0.147. The third-order valence-electron chi connectivity index (χ3n) is 3.85. The summed E-state index contributed by atoms with van der Waals surface area (Å²) >= 11 is 0. The second-order valence-corrected chi connectivity index (χ2v) is 5.05. The van der Waals surface area contributed by atoms with Crippen molar-refractivity contribution in [2.75, 3.05) is 0 Å². The van der Waals surface area contributed by atoms with Crippen molar-refractivity contribution in [3.05, 3.63) is 71.8 Å². The lowest BCUT2D eigenvalue weighted by Gasteiger charge is -2.33. The van der Waals surface area contributed by atoms with Crippen LogP contribution in [0.25, 0.3) is 0 Å². The maximum absolute atomic E-state index is 11.8. The van der Waals surface area contributed by atoms with Crippen molar-refractivity contribution in [3.63, 3.8) is 0 Å². The highest BCUT2D eigenvalue weighted by Crippen LogP contribution is 2.46. The molecule has 1 aliphatic rings. The summed E-state index contributed by atoms with van der Waals surface area (Å²) in [6.07, 6.45) is 0.462. The highest BCUT2D eigenvalue weighted by Gasteiger charge is 2.49. The average molecular weight is 252 g/mol. The van der Waals surface area contributed by atoms with Gasteiger partial charge in [0.25, 0.3) is 0 Å². The Morgan fingerprint density at radius 2 is 1.42 bits per heavy atom. The fraction of sp³-hybridized carbons (Fsp3) is 0.235.